The van der Waals surface area contributed by atoms with Crippen LogP contribution in [0, 0.1) is 0 Å². The first-order valence-electron chi connectivity index (χ1n) is 6.23. The molecular weight excluding hydrogens is 246 g/mol. The lowest BCUT2D eigenvalue weighted by atomic mass is 9.74. The van der Waals surface area contributed by atoms with E-state index >= 15 is 0 Å². The molecular formula is C14H17NO4. The third-order valence-corrected chi connectivity index (χ3v) is 3.51. The average Bonchev–Trinajstić information content (AvgIpc) is 2.35. The number of ether oxygens (including phenoxy) is 1. The molecule has 0 heterocycles. The highest BCUT2D eigenvalue weighted by molar-refractivity contribution is 5.95. The van der Waals surface area contributed by atoms with Crippen molar-refractivity contribution in [1.29, 1.82) is 0 Å². The SMILES string of the molecule is COc1cccc(C(=O)NC2(CC(=O)O)CCC2)c1. The Bertz CT molecular complexity index is 494. The van der Waals surface area contributed by atoms with Gasteiger partial charge in [-0.1, -0.05) is 6.07 Å². The number of carboxylic acids is 1. The van der Waals surface area contributed by atoms with Crippen molar-refractivity contribution in [1.82, 2.24) is 5.32 Å². The third kappa shape index (κ3) is 3.05. The molecule has 1 fully saturated rings. The Balaban J connectivity index is 2.09. The van der Waals surface area contributed by atoms with Crippen LogP contribution >= 0.6 is 0 Å². The number of hydrogen-bond donors (Lipinski definition) is 2. The molecule has 0 atom stereocenters. The Hall–Kier alpha value is -2.04. The molecule has 1 aliphatic carbocycles. The maximum atomic E-state index is 12.1. The summed E-state index contributed by atoms with van der Waals surface area (Å²) in [4.78, 5) is 23.0. The summed E-state index contributed by atoms with van der Waals surface area (Å²) >= 11 is 0. The van der Waals surface area contributed by atoms with Crippen LogP contribution in [0.1, 0.15) is 36.0 Å². The minimum atomic E-state index is -0.884. The molecule has 1 saturated carbocycles. The fourth-order valence-electron chi connectivity index (χ4n) is 2.32. The van der Waals surface area contributed by atoms with E-state index in [0.29, 0.717) is 11.3 Å². The van der Waals surface area contributed by atoms with Crippen LogP contribution in [0.5, 0.6) is 5.75 Å². The fourth-order valence-corrected chi connectivity index (χ4v) is 2.32. The zero-order chi connectivity index (χ0) is 13.9. The van der Waals surface area contributed by atoms with Gasteiger partial charge < -0.3 is 15.2 Å². The molecule has 0 radical (unpaired) electrons. The van der Waals surface area contributed by atoms with E-state index in [1.165, 1.54) is 7.11 Å². The summed E-state index contributed by atoms with van der Waals surface area (Å²) in [6, 6.07) is 6.82. The van der Waals surface area contributed by atoms with Crippen LogP contribution < -0.4 is 10.1 Å². The highest BCUT2D eigenvalue weighted by Gasteiger charge is 2.40. The second-order valence-electron chi connectivity index (χ2n) is 4.89. The van der Waals surface area contributed by atoms with Gasteiger partial charge in [-0.15, -0.1) is 0 Å². The molecule has 0 unspecified atom stereocenters. The molecule has 19 heavy (non-hydrogen) atoms. The number of amides is 1. The summed E-state index contributed by atoms with van der Waals surface area (Å²) in [6.45, 7) is 0. The van der Waals surface area contributed by atoms with Gasteiger partial charge in [0.15, 0.2) is 0 Å². The minimum absolute atomic E-state index is 0.0251. The van der Waals surface area contributed by atoms with Gasteiger partial charge in [0.05, 0.1) is 19.1 Å². The maximum Gasteiger partial charge on any atom is 0.305 e. The Labute approximate surface area is 111 Å². The number of carbonyl (C=O) groups excluding carboxylic acids is 1. The standard InChI is InChI=1S/C14H17NO4/c1-19-11-5-2-4-10(8-11)13(18)15-14(6-3-7-14)9-12(16)17/h2,4-5,8H,3,6-7,9H2,1H3,(H,15,18)(H,16,17). The summed E-state index contributed by atoms with van der Waals surface area (Å²) < 4.78 is 5.07. The zero-order valence-corrected chi connectivity index (χ0v) is 10.8. The number of benzene rings is 1. The summed E-state index contributed by atoms with van der Waals surface area (Å²) in [5.41, 5.74) is -0.0950. The first-order valence-corrected chi connectivity index (χ1v) is 6.23. The van der Waals surface area contributed by atoms with Gasteiger partial charge in [0.2, 0.25) is 0 Å². The predicted octanol–water partition coefficient (Wildman–Crippen LogP) is 1.82. The first-order chi connectivity index (χ1) is 9.04. The van der Waals surface area contributed by atoms with Gasteiger partial charge in [-0.05, 0) is 37.5 Å². The fraction of sp³-hybridized carbons (Fsp3) is 0.429. The van der Waals surface area contributed by atoms with Crippen LogP contribution in [0.15, 0.2) is 24.3 Å². The minimum Gasteiger partial charge on any atom is -0.497 e. The number of aliphatic carboxylic acids is 1. The van der Waals surface area contributed by atoms with Gasteiger partial charge in [-0.25, -0.2) is 0 Å². The molecule has 2 N–H and O–H groups in total. The van der Waals surface area contributed by atoms with Crippen molar-refractivity contribution in [3.63, 3.8) is 0 Å². The highest BCUT2D eigenvalue weighted by Crippen LogP contribution is 2.35. The molecule has 0 saturated heterocycles. The lowest BCUT2D eigenvalue weighted by Crippen LogP contribution is -2.54. The number of carboxylic acid groups (broad SMARTS) is 1. The van der Waals surface area contributed by atoms with E-state index in [2.05, 4.69) is 5.32 Å². The Morgan fingerprint density at radius 3 is 2.68 bits per heavy atom. The van der Waals surface area contributed by atoms with E-state index in [0.717, 1.165) is 19.3 Å². The summed E-state index contributed by atoms with van der Waals surface area (Å²) in [5.74, 6) is -0.529. The van der Waals surface area contributed by atoms with E-state index in [1.54, 1.807) is 24.3 Å². The summed E-state index contributed by atoms with van der Waals surface area (Å²) in [5, 5.41) is 11.8. The van der Waals surface area contributed by atoms with Gasteiger partial charge >= 0.3 is 5.97 Å². The normalized spacial score (nSPS) is 16.3. The van der Waals surface area contributed by atoms with Crippen molar-refractivity contribution in [3.05, 3.63) is 29.8 Å². The monoisotopic (exact) mass is 263 g/mol. The molecule has 2 rings (SSSR count). The van der Waals surface area contributed by atoms with E-state index in [4.69, 9.17) is 9.84 Å². The van der Waals surface area contributed by atoms with Crippen LogP contribution in [0.4, 0.5) is 0 Å². The van der Waals surface area contributed by atoms with Crippen molar-refractivity contribution in [2.24, 2.45) is 0 Å². The molecule has 0 spiro atoms. The van der Waals surface area contributed by atoms with Gasteiger partial charge in [0.25, 0.3) is 5.91 Å². The van der Waals surface area contributed by atoms with Crippen molar-refractivity contribution in [2.75, 3.05) is 7.11 Å². The molecule has 102 valence electrons. The van der Waals surface area contributed by atoms with E-state index in [1.807, 2.05) is 0 Å². The average molecular weight is 263 g/mol. The molecule has 0 aromatic heterocycles. The molecule has 1 aromatic rings. The summed E-state index contributed by atoms with van der Waals surface area (Å²) in [7, 11) is 1.54. The van der Waals surface area contributed by atoms with Crippen LogP contribution in [-0.4, -0.2) is 29.6 Å². The zero-order valence-electron chi connectivity index (χ0n) is 10.8. The Morgan fingerprint density at radius 2 is 2.16 bits per heavy atom. The van der Waals surface area contributed by atoms with E-state index < -0.39 is 11.5 Å². The molecule has 1 aromatic carbocycles. The third-order valence-electron chi connectivity index (χ3n) is 3.51. The van der Waals surface area contributed by atoms with Crippen molar-refractivity contribution >= 4 is 11.9 Å². The lowest BCUT2D eigenvalue weighted by Gasteiger charge is -2.41. The van der Waals surface area contributed by atoms with Crippen molar-refractivity contribution < 1.29 is 19.4 Å². The van der Waals surface area contributed by atoms with Crippen LogP contribution in [-0.2, 0) is 4.79 Å². The van der Waals surface area contributed by atoms with Gasteiger partial charge in [-0.3, -0.25) is 9.59 Å². The van der Waals surface area contributed by atoms with Gasteiger partial charge in [0, 0.05) is 5.56 Å². The summed E-state index contributed by atoms with van der Waals surface area (Å²) in [6.07, 6.45) is 2.36. The van der Waals surface area contributed by atoms with Gasteiger partial charge in [0.1, 0.15) is 5.75 Å². The molecule has 0 aliphatic heterocycles. The van der Waals surface area contributed by atoms with Crippen LogP contribution in [0.3, 0.4) is 0 Å². The van der Waals surface area contributed by atoms with Gasteiger partial charge in [-0.2, -0.15) is 0 Å². The largest absolute Gasteiger partial charge is 0.497 e. The molecule has 5 nitrogen and oxygen atoms in total. The Kier molecular flexibility index (Phi) is 3.74. The van der Waals surface area contributed by atoms with Crippen molar-refractivity contribution in [3.8, 4) is 5.75 Å². The second kappa shape index (κ2) is 5.30. The second-order valence-corrected chi connectivity index (χ2v) is 4.89. The highest BCUT2D eigenvalue weighted by atomic mass is 16.5. The molecule has 5 heteroatoms. The number of carbonyl (C=O) groups is 2. The van der Waals surface area contributed by atoms with E-state index in [-0.39, 0.29) is 12.3 Å². The number of hydrogen-bond acceptors (Lipinski definition) is 3. The quantitative estimate of drug-likeness (QED) is 0.849. The number of methoxy groups -OCH3 is 1. The number of nitrogens with one attached hydrogen (secondary N) is 1. The molecule has 0 bridgehead atoms. The molecule has 1 amide bonds. The predicted molar refractivity (Wildman–Crippen MR) is 69.3 cm³/mol. The Morgan fingerprint density at radius 1 is 1.42 bits per heavy atom. The first kappa shape index (κ1) is 13.4. The van der Waals surface area contributed by atoms with Crippen LogP contribution in [0.2, 0.25) is 0 Å². The maximum absolute atomic E-state index is 12.1. The lowest BCUT2D eigenvalue weighted by molar-refractivity contribution is -0.139. The van der Waals surface area contributed by atoms with Crippen LogP contribution in [0.25, 0.3) is 0 Å². The van der Waals surface area contributed by atoms with Crippen molar-refractivity contribution in [2.45, 2.75) is 31.2 Å². The molecule has 1 aliphatic rings. The smallest absolute Gasteiger partial charge is 0.305 e. The van der Waals surface area contributed by atoms with E-state index in [9.17, 15) is 9.59 Å². The topological polar surface area (TPSA) is 75.6 Å². The number of rotatable bonds is 5.